The molecule has 1 aromatic carbocycles. The molecule has 5 nitrogen and oxygen atoms in total. The number of aliphatic hydroxyl groups excluding tert-OH is 1. The molecular weight excluding hydrogens is 275 g/mol. The van der Waals surface area contributed by atoms with Gasteiger partial charge in [0.15, 0.2) is 0 Å². The Morgan fingerprint density at radius 3 is 2.67 bits per heavy atom. The third kappa shape index (κ3) is 5.24. The quantitative estimate of drug-likeness (QED) is 0.788. The van der Waals surface area contributed by atoms with Gasteiger partial charge in [-0.25, -0.2) is 4.39 Å². The van der Waals surface area contributed by atoms with Gasteiger partial charge in [-0.3, -0.25) is 9.59 Å². The van der Waals surface area contributed by atoms with Gasteiger partial charge in [0.1, 0.15) is 12.4 Å². The molecule has 0 fully saturated rings. The summed E-state index contributed by atoms with van der Waals surface area (Å²) < 4.78 is 13.7. The number of halogens is 1. The van der Waals surface area contributed by atoms with Gasteiger partial charge in [0, 0.05) is 32.6 Å². The number of carbonyl (C=O) groups is 2. The second-order valence-corrected chi connectivity index (χ2v) is 4.45. The molecule has 6 heteroatoms. The number of aliphatic hydroxyl groups is 1. The van der Waals surface area contributed by atoms with Crippen LogP contribution in [0, 0.1) is 17.7 Å². The summed E-state index contributed by atoms with van der Waals surface area (Å²) in [5.41, 5.74) is 0.266. The molecule has 112 valence electrons. The van der Waals surface area contributed by atoms with E-state index in [-0.39, 0.29) is 36.6 Å². The van der Waals surface area contributed by atoms with E-state index in [9.17, 15) is 14.0 Å². The van der Waals surface area contributed by atoms with E-state index < -0.39 is 11.7 Å². The zero-order valence-electron chi connectivity index (χ0n) is 11.9. The molecule has 21 heavy (non-hydrogen) atoms. The largest absolute Gasteiger partial charge is 0.384 e. The number of hydrogen-bond acceptors (Lipinski definition) is 3. The first-order chi connectivity index (χ1) is 9.95. The molecular formula is C15H17FN2O3. The van der Waals surface area contributed by atoms with E-state index in [1.807, 2.05) is 0 Å². The summed E-state index contributed by atoms with van der Waals surface area (Å²) >= 11 is 0. The molecule has 2 amide bonds. The molecule has 0 saturated heterocycles. The molecule has 0 bridgehead atoms. The Labute approximate surface area is 122 Å². The summed E-state index contributed by atoms with van der Waals surface area (Å²) in [6, 6.07) is 3.88. The Hall–Kier alpha value is -2.39. The summed E-state index contributed by atoms with van der Waals surface area (Å²) in [5.74, 6) is 3.59. The highest BCUT2D eigenvalue weighted by atomic mass is 19.1. The van der Waals surface area contributed by atoms with Crippen LogP contribution in [0.1, 0.15) is 22.3 Å². The highest BCUT2D eigenvalue weighted by Gasteiger charge is 2.10. The summed E-state index contributed by atoms with van der Waals surface area (Å²) in [4.78, 5) is 24.6. The lowest BCUT2D eigenvalue weighted by molar-refractivity contribution is -0.128. The van der Waals surface area contributed by atoms with Gasteiger partial charge in [0.05, 0.1) is 5.56 Å². The number of nitrogens with zero attached hydrogens (tertiary/aromatic N) is 1. The van der Waals surface area contributed by atoms with Gasteiger partial charge in [0.25, 0.3) is 5.91 Å². The van der Waals surface area contributed by atoms with E-state index in [2.05, 4.69) is 17.2 Å². The monoisotopic (exact) mass is 292 g/mol. The zero-order valence-corrected chi connectivity index (χ0v) is 11.9. The van der Waals surface area contributed by atoms with Crippen LogP contribution in [0.3, 0.4) is 0 Å². The van der Waals surface area contributed by atoms with E-state index in [4.69, 9.17) is 5.11 Å². The van der Waals surface area contributed by atoms with E-state index in [0.717, 1.165) is 6.07 Å². The smallest absolute Gasteiger partial charge is 0.251 e. The van der Waals surface area contributed by atoms with E-state index >= 15 is 0 Å². The lowest BCUT2D eigenvalue weighted by Gasteiger charge is -2.10. The van der Waals surface area contributed by atoms with Crippen molar-refractivity contribution < 1.29 is 19.1 Å². The van der Waals surface area contributed by atoms with Gasteiger partial charge in [-0.05, 0) is 18.2 Å². The highest BCUT2D eigenvalue weighted by Crippen LogP contribution is 2.09. The number of nitrogens with one attached hydrogen (secondary N) is 1. The van der Waals surface area contributed by atoms with Crippen molar-refractivity contribution in [3.63, 3.8) is 0 Å². The Morgan fingerprint density at radius 2 is 2.10 bits per heavy atom. The third-order valence-electron chi connectivity index (χ3n) is 2.66. The van der Waals surface area contributed by atoms with Gasteiger partial charge >= 0.3 is 0 Å². The van der Waals surface area contributed by atoms with Crippen LogP contribution in [0.4, 0.5) is 4.39 Å². The Morgan fingerprint density at radius 1 is 1.38 bits per heavy atom. The second kappa shape index (κ2) is 8.02. The van der Waals surface area contributed by atoms with Crippen LogP contribution in [0.25, 0.3) is 0 Å². The van der Waals surface area contributed by atoms with Gasteiger partial charge in [-0.2, -0.15) is 0 Å². The fourth-order valence-electron chi connectivity index (χ4n) is 1.50. The van der Waals surface area contributed by atoms with Crippen molar-refractivity contribution in [2.75, 3.05) is 27.2 Å². The molecule has 1 aromatic rings. The van der Waals surface area contributed by atoms with Crippen molar-refractivity contribution in [1.82, 2.24) is 10.2 Å². The minimum absolute atomic E-state index is 0.101. The lowest BCUT2D eigenvalue weighted by atomic mass is 10.1. The van der Waals surface area contributed by atoms with E-state index in [1.54, 1.807) is 14.1 Å². The molecule has 0 heterocycles. The molecule has 0 aromatic heterocycles. The van der Waals surface area contributed by atoms with Crippen LogP contribution < -0.4 is 5.32 Å². The van der Waals surface area contributed by atoms with Crippen LogP contribution in [-0.2, 0) is 4.79 Å². The first-order valence-corrected chi connectivity index (χ1v) is 6.33. The van der Waals surface area contributed by atoms with E-state index in [1.165, 1.54) is 17.0 Å². The van der Waals surface area contributed by atoms with Crippen LogP contribution in [0.2, 0.25) is 0 Å². The minimum Gasteiger partial charge on any atom is -0.384 e. The number of carbonyl (C=O) groups excluding carboxylic acids is 2. The second-order valence-electron chi connectivity index (χ2n) is 4.45. The molecule has 0 radical (unpaired) electrons. The predicted octanol–water partition coefficient (Wildman–Crippen LogP) is 0.378. The number of rotatable bonds is 4. The Kier molecular flexibility index (Phi) is 6.37. The maximum Gasteiger partial charge on any atom is 0.251 e. The van der Waals surface area contributed by atoms with Crippen molar-refractivity contribution in [1.29, 1.82) is 0 Å². The summed E-state index contributed by atoms with van der Waals surface area (Å²) in [6.45, 7) is -0.175. The Balaban J connectivity index is 2.63. The molecule has 0 saturated carbocycles. The lowest BCUT2D eigenvalue weighted by Crippen LogP contribution is -2.30. The van der Waals surface area contributed by atoms with Crippen LogP contribution in [0.5, 0.6) is 0 Å². The summed E-state index contributed by atoms with van der Waals surface area (Å²) in [6.07, 6.45) is 0.182. The average molecular weight is 292 g/mol. The average Bonchev–Trinajstić information content (AvgIpc) is 2.45. The molecule has 0 spiro atoms. The molecule has 2 N–H and O–H groups in total. The predicted molar refractivity (Wildman–Crippen MR) is 76.0 cm³/mol. The number of amides is 2. The first-order valence-electron chi connectivity index (χ1n) is 6.33. The minimum atomic E-state index is -0.632. The molecule has 0 aliphatic heterocycles. The standard InChI is InChI=1S/C15H17FN2O3/c1-18(2)14(20)7-8-17-15(21)12-6-5-11(4-3-9-19)13(16)10-12/h5-6,10,19H,7-9H2,1-2H3,(H,17,21). The van der Waals surface area contributed by atoms with Gasteiger partial charge < -0.3 is 15.3 Å². The fourth-order valence-corrected chi connectivity index (χ4v) is 1.50. The van der Waals surface area contributed by atoms with Crippen molar-refractivity contribution in [2.45, 2.75) is 6.42 Å². The van der Waals surface area contributed by atoms with Crippen molar-refractivity contribution in [2.24, 2.45) is 0 Å². The maximum absolute atomic E-state index is 13.7. The topological polar surface area (TPSA) is 69.6 Å². The van der Waals surface area contributed by atoms with Crippen molar-refractivity contribution in [3.05, 3.63) is 35.1 Å². The zero-order chi connectivity index (χ0) is 15.8. The third-order valence-corrected chi connectivity index (χ3v) is 2.66. The van der Waals surface area contributed by atoms with E-state index in [0.29, 0.717) is 0 Å². The highest BCUT2D eigenvalue weighted by molar-refractivity contribution is 5.94. The SMILES string of the molecule is CN(C)C(=O)CCNC(=O)c1ccc(C#CCO)c(F)c1. The Bertz CT molecular complexity index is 588. The van der Waals surface area contributed by atoms with Crippen molar-refractivity contribution >= 4 is 11.8 Å². The number of hydrogen-bond donors (Lipinski definition) is 2. The van der Waals surface area contributed by atoms with Gasteiger partial charge in [-0.1, -0.05) is 11.8 Å². The normalized spacial score (nSPS) is 9.52. The molecule has 0 unspecified atom stereocenters. The summed E-state index contributed by atoms with van der Waals surface area (Å²) in [7, 11) is 3.26. The van der Waals surface area contributed by atoms with Gasteiger partial charge in [0.2, 0.25) is 5.91 Å². The molecule has 0 atom stereocenters. The van der Waals surface area contributed by atoms with Crippen LogP contribution >= 0.6 is 0 Å². The maximum atomic E-state index is 13.7. The molecule has 1 rings (SSSR count). The first kappa shape index (κ1) is 16.7. The fraction of sp³-hybridized carbons (Fsp3) is 0.333. The molecule has 0 aliphatic rings. The summed E-state index contributed by atoms with van der Waals surface area (Å²) in [5, 5.41) is 11.1. The van der Waals surface area contributed by atoms with Crippen LogP contribution in [-0.4, -0.2) is 49.1 Å². The molecule has 0 aliphatic carbocycles. The van der Waals surface area contributed by atoms with Crippen molar-refractivity contribution in [3.8, 4) is 11.8 Å². The number of benzene rings is 1. The van der Waals surface area contributed by atoms with Crippen LogP contribution in [0.15, 0.2) is 18.2 Å². The van der Waals surface area contributed by atoms with Gasteiger partial charge in [-0.15, -0.1) is 0 Å².